The van der Waals surface area contributed by atoms with E-state index >= 15 is 0 Å². The Morgan fingerprint density at radius 2 is 2.10 bits per heavy atom. The zero-order valence-corrected chi connectivity index (χ0v) is 14.5. The molecule has 1 N–H and O–H groups in total. The molecule has 108 valence electrons. The third-order valence-corrected chi connectivity index (χ3v) is 5.04. The molecule has 0 fully saturated rings. The first-order chi connectivity index (χ1) is 9.45. The lowest BCUT2D eigenvalue weighted by Crippen LogP contribution is -2.20. The lowest BCUT2D eigenvalue weighted by molar-refractivity contribution is 0.587. The van der Waals surface area contributed by atoms with E-state index in [0.29, 0.717) is 0 Å². The van der Waals surface area contributed by atoms with Crippen LogP contribution >= 0.6 is 27.5 Å². The van der Waals surface area contributed by atoms with Gasteiger partial charge in [0, 0.05) is 23.1 Å². The number of benzene rings is 1. The number of likely N-dealkylation sites (N-methyl/N-ethyl adjacent to an activating group) is 1. The van der Waals surface area contributed by atoms with Crippen LogP contribution in [0.15, 0.2) is 22.7 Å². The van der Waals surface area contributed by atoms with Crippen molar-refractivity contribution in [2.75, 3.05) is 7.05 Å². The smallest absolute Gasteiger partial charge is 0.130 e. The molecule has 0 saturated carbocycles. The molecular weight excluding hydrogens is 338 g/mol. The molecule has 1 aromatic carbocycles. The van der Waals surface area contributed by atoms with Crippen LogP contribution in [0.4, 0.5) is 0 Å². The Bertz CT molecular complexity index is 622. The fourth-order valence-electron chi connectivity index (χ4n) is 2.48. The normalized spacial score (nSPS) is 12.7. The molecule has 2 rings (SSSR count). The van der Waals surface area contributed by atoms with Gasteiger partial charge in [0.15, 0.2) is 0 Å². The SMILES string of the molecule is CNC(Cc1c(C)nn(C)c1Cl)c1cccc(Br)c1C. The van der Waals surface area contributed by atoms with Crippen molar-refractivity contribution in [3.05, 3.63) is 50.2 Å². The van der Waals surface area contributed by atoms with Gasteiger partial charge < -0.3 is 5.32 Å². The van der Waals surface area contributed by atoms with E-state index in [1.807, 2.05) is 21.0 Å². The first-order valence-electron chi connectivity index (χ1n) is 6.56. The van der Waals surface area contributed by atoms with Crippen molar-refractivity contribution in [3.8, 4) is 0 Å². The fourth-order valence-corrected chi connectivity index (χ4v) is 3.11. The average molecular weight is 357 g/mol. The van der Waals surface area contributed by atoms with Crippen LogP contribution in [0.2, 0.25) is 5.15 Å². The summed E-state index contributed by atoms with van der Waals surface area (Å²) in [6.45, 7) is 4.13. The second-order valence-corrected chi connectivity index (χ2v) is 6.19. The summed E-state index contributed by atoms with van der Waals surface area (Å²) in [5, 5.41) is 8.48. The summed E-state index contributed by atoms with van der Waals surface area (Å²) >= 11 is 9.93. The average Bonchev–Trinajstić information content (AvgIpc) is 2.65. The second-order valence-electron chi connectivity index (χ2n) is 4.98. The van der Waals surface area contributed by atoms with Crippen molar-refractivity contribution in [2.45, 2.75) is 26.3 Å². The minimum atomic E-state index is 0.216. The van der Waals surface area contributed by atoms with Crippen LogP contribution in [-0.4, -0.2) is 16.8 Å². The Morgan fingerprint density at radius 3 is 2.65 bits per heavy atom. The van der Waals surface area contributed by atoms with Crippen molar-refractivity contribution < 1.29 is 0 Å². The number of nitrogens with zero attached hydrogens (tertiary/aromatic N) is 2. The number of rotatable bonds is 4. The zero-order chi connectivity index (χ0) is 14.9. The van der Waals surface area contributed by atoms with Crippen LogP contribution in [0, 0.1) is 13.8 Å². The van der Waals surface area contributed by atoms with E-state index in [4.69, 9.17) is 11.6 Å². The minimum Gasteiger partial charge on any atom is -0.313 e. The summed E-state index contributed by atoms with van der Waals surface area (Å²) in [4.78, 5) is 0. The molecule has 1 atom stereocenters. The highest BCUT2D eigenvalue weighted by atomic mass is 79.9. The highest BCUT2D eigenvalue weighted by Gasteiger charge is 2.19. The van der Waals surface area contributed by atoms with E-state index in [0.717, 1.165) is 27.3 Å². The summed E-state index contributed by atoms with van der Waals surface area (Å²) in [6.07, 6.45) is 0.826. The van der Waals surface area contributed by atoms with Gasteiger partial charge in [-0.05, 0) is 44.5 Å². The van der Waals surface area contributed by atoms with E-state index < -0.39 is 0 Å². The van der Waals surface area contributed by atoms with E-state index in [-0.39, 0.29) is 6.04 Å². The van der Waals surface area contributed by atoms with Gasteiger partial charge in [-0.25, -0.2) is 0 Å². The molecule has 1 unspecified atom stereocenters. The molecule has 0 aliphatic rings. The second kappa shape index (κ2) is 6.29. The Kier molecular flexibility index (Phi) is 4.89. The van der Waals surface area contributed by atoms with Gasteiger partial charge in [0.25, 0.3) is 0 Å². The van der Waals surface area contributed by atoms with Gasteiger partial charge in [0.2, 0.25) is 0 Å². The van der Waals surface area contributed by atoms with Crippen molar-refractivity contribution in [2.24, 2.45) is 7.05 Å². The van der Waals surface area contributed by atoms with Gasteiger partial charge in [-0.3, -0.25) is 4.68 Å². The third-order valence-electron chi connectivity index (χ3n) is 3.71. The van der Waals surface area contributed by atoms with Gasteiger partial charge in [0.1, 0.15) is 5.15 Å². The maximum atomic E-state index is 6.34. The molecule has 0 spiro atoms. The maximum absolute atomic E-state index is 6.34. The Hall–Kier alpha value is -0.840. The Morgan fingerprint density at radius 1 is 1.40 bits per heavy atom. The monoisotopic (exact) mass is 355 g/mol. The van der Waals surface area contributed by atoms with Crippen LogP contribution in [0.25, 0.3) is 0 Å². The molecule has 0 aliphatic heterocycles. The number of hydrogen-bond acceptors (Lipinski definition) is 2. The van der Waals surface area contributed by atoms with Crippen LogP contribution in [0.3, 0.4) is 0 Å². The van der Waals surface area contributed by atoms with E-state index in [1.54, 1.807) is 4.68 Å². The van der Waals surface area contributed by atoms with Crippen molar-refractivity contribution in [3.63, 3.8) is 0 Å². The summed E-state index contributed by atoms with van der Waals surface area (Å²) in [7, 11) is 3.85. The number of halogens is 2. The van der Waals surface area contributed by atoms with Gasteiger partial charge in [-0.15, -0.1) is 0 Å². The van der Waals surface area contributed by atoms with E-state index in [9.17, 15) is 0 Å². The molecular formula is C15H19BrClN3. The summed E-state index contributed by atoms with van der Waals surface area (Å²) in [5.41, 5.74) is 4.63. The summed E-state index contributed by atoms with van der Waals surface area (Å²) in [6, 6.07) is 6.50. The molecule has 1 heterocycles. The molecule has 0 saturated heterocycles. The number of aromatic nitrogens is 2. The lowest BCUT2D eigenvalue weighted by Gasteiger charge is -2.19. The minimum absolute atomic E-state index is 0.216. The molecule has 0 radical (unpaired) electrons. The molecule has 2 aromatic rings. The van der Waals surface area contributed by atoms with Crippen LogP contribution in [0.5, 0.6) is 0 Å². The third kappa shape index (κ3) is 2.92. The van der Waals surface area contributed by atoms with Gasteiger partial charge in [-0.2, -0.15) is 5.10 Å². The van der Waals surface area contributed by atoms with E-state index in [1.165, 1.54) is 11.1 Å². The quantitative estimate of drug-likeness (QED) is 0.899. The van der Waals surface area contributed by atoms with Crippen LogP contribution in [0.1, 0.15) is 28.4 Å². The number of hydrogen-bond donors (Lipinski definition) is 1. The zero-order valence-electron chi connectivity index (χ0n) is 12.2. The molecule has 1 aromatic heterocycles. The van der Waals surface area contributed by atoms with E-state index in [2.05, 4.69) is 51.5 Å². The molecule has 0 bridgehead atoms. The highest BCUT2D eigenvalue weighted by molar-refractivity contribution is 9.10. The van der Waals surface area contributed by atoms with Gasteiger partial charge >= 0.3 is 0 Å². The fraction of sp³-hybridized carbons (Fsp3) is 0.400. The van der Waals surface area contributed by atoms with Gasteiger partial charge in [-0.1, -0.05) is 39.7 Å². The molecule has 0 aliphatic carbocycles. The predicted octanol–water partition coefficient (Wildman–Crippen LogP) is 3.96. The highest BCUT2D eigenvalue weighted by Crippen LogP contribution is 2.29. The Balaban J connectivity index is 2.36. The number of nitrogens with one attached hydrogen (secondary N) is 1. The first-order valence-corrected chi connectivity index (χ1v) is 7.73. The standard InChI is InChI=1S/C15H19BrClN3/c1-9-11(6-5-7-13(9)16)14(18-3)8-12-10(2)19-20(4)15(12)17/h5-7,14,18H,8H2,1-4H3. The summed E-state index contributed by atoms with van der Waals surface area (Å²) in [5.74, 6) is 0. The van der Waals surface area contributed by atoms with Crippen molar-refractivity contribution in [1.82, 2.24) is 15.1 Å². The summed E-state index contributed by atoms with van der Waals surface area (Å²) < 4.78 is 2.86. The molecule has 5 heteroatoms. The molecule has 3 nitrogen and oxygen atoms in total. The van der Waals surface area contributed by atoms with Crippen LogP contribution in [-0.2, 0) is 13.5 Å². The van der Waals surface area contributed by atoms with Crippen molar-refractivity contribution >= 4 is 27.5 Å². The van der Waals surface area contributed by atoms with Crippen molar-refractivity contribution in [1.29, 1.82) is 0 Å². The topological polar surface area (TPSA) is 29.9 Å². The van der Waals surface area contributed by atoms with Gasteiger partial charge in [0.05, 0.1) is 5.69 Å². The largest absolute Gasteiger partial charge is 0.313 e. The van der Waals surface area contributed by atoms with Crippen LogP contribution < -0.4 is 5.32 Å². The Labute approximate surface area is 133 Å². The molecule has 20 heavy (non-hydrogen) atoms. The molecule has 0 amide bonds. The number of aryl methyl sites for hydroxylation is 2. The maximum Gasteiger partial charge on any atom is 0.130 e. The first kappa shape index (κ1) is 15.5. The lowest BCUT2D eigenvalue weighted by atomic mass is 9.96. The predicted molar refractivity (Wildman–Crippen MR) is 87.3 cm³/mol.